The Morgan fingerprint density at radius 2 is 2.60 bits per heavy atom. The first-order chi connectivity index (χ1) is 4.74. The van der Waals surface area contributed by atoms with Crippen LogP contribution < -0.4 is 0 Å². The maximum atomic E-state index is 10.8. The van der Waals surface area contributed by atoms with Gasteiger partial charge in [-0.05, 0) is 13.0 Å². The van der Waals surface area contributed by atoms with Gasteiger partial charge in [0.2, 0.25) is 11.5 Å². The Balaban J connectivity index is 2.95. The summed E-state index contributed by atoms with van der Waals surface area (Å²) in [6.45, 7) is 5.06. The van der Waals surface area contributed by atoms with Crippen molar-refractivity contribution >= 4 is 5.78 Å². The molecule has 0 aliphatic carbocycles. The van der Waals surface area contributed by atoms with E-state index in [4.69, 9.17) is 0 Å². The Bertz CT molecular complexity index is 262. The van der Waals surface area contributed by atoms with Gasteiger partial charge >= 0.3 is 0 Å². The zero-order chi connectivity index (χ0) is 7.56. The first-order valence-electron chi connectivity index (χ1n) is 2.84. The quantitative estimate of drug-likeness (QED) is 0.456. The molecule has 0 saturated carbocycles. The lowest BCUT2D eigenvalue weighted by molar-refractivity contribution is 0.101. The highest BCUT2D eigenvalue weighted by Gasteiger charge is 2.05. The molecule has 0 aliphatic rings. The first kappa shape index (κ1) is 6.74. The highest BCUT2D eigenvalue weighted by atomic mass is 16.5. The summed E-state index contributed by atoms with van der Waals surface area (Å²) in [4.78, 5) is 10.8. The molecule has 0 spiro atoms. The molecule has 0 aliphatic heterocycles. The van der Waals surface area contributed by atoms with Gasteiger partial charge in [0, 0.05) is 6.07 Å². The van der Waals surface area contributed by atoms with Crippen LogP contribution in [-0.4, -0.2) is 10.9 Å². The molecule has 1 aromatic rings. The largest absolute Gasteiger partial charge is 0.352 e. The molecule has 0 atom stereocenters. The summed E-state index contributed by atoms with van der Waals surface area (Å²) in [6.07, 6.45) is 1.19. The number of nitrogens with zero attached hydrogens (tertiary/aromatic N) is 1. The molecule has 1 rings (SSSR count). The van der Waals surface area contributed by atoms with Gasteiger partial charge < -0.3 is 4.52 Å². The van der Waals surface area contributed by atoms with E-state index in [-0.39, 0.29) is 11.5 Å². The van der Waals surface area contributed by atoms with Crippen LogP contribution >= 0.6 is 0 Å². The smallest absolute Gasteiger partial charge is 0.223 e. The summed E-state index contributed by atoms with van der Waals surface area (Å²) in [6, 6.07) is 1.57. The van der Waals surface area contributed by atoms with Crippen molar-refractivity contribution < 1.29 is 9.32 Å². The third kappa shape index (κ3) is 1.13. The van der Waals surface area contributed by atoms with E-state index in [1.165, 1.54) is 6.08 Å². The summed E-state index contributed by atoms with van der Waals surface area (Å²) in [7, 11) is 0. The number of allylic oxidation sites excluding steroid dienone is 1. The number of aromatic nitrogens is 1. The summed E-state index contributed by atoms with van der Waals surface area (Å²) in [5.41, 5.74) is 0.699. The molecule has 0 radical (unpaired) electrons. The third-order valence-electron chi connectivity index (χ3n) is 1.06. The van der Waals surface area contributed by atoms with Gasteiger partial charge in [-0.15, -0.1) is 0 Å². The van der Waals surface area contributed by atoms with Crippen LogP contribution in [0.5, 0.6) is 0 Å². The van der Waals surface area contributed by atoms with Crippen LogP contribution in [-0.2, 0) is 0 Å². The van der Waals surface area contributed by atoms with Gasteiger partial charge in [0.05, 0.1) is 5.69 Å². The van der Waals surface area contributed by atoms with E-state index in [0.717, 1.165) is 0 Å². The van der Waals surface area contributed by atoms with Gasteiger partial charge in [-0.2, -0.15) is 0 Å². The summed E-state index contributed by atoms with van der Waals surface area (Å²) < 4.78 is 4.65. The molecule has 52 valence electrons. The van der Waals surface area contributed by atoms with Gasteiger partial charge in [-0.3, -0.25) is 4.79 Å². The fourth-order valence-electron chi connectivity index (χ4n) is 0.580. The van der Waals surface area contributed by atoms with Crippen molar-refractivity contribution in [3.8, 4) is 0 Å². The van der Waals surface area contributed by atoms with E-state index in [2.05, 4.69) is 16.3 Å². The number of rotatable bonds is 2. The topological polar surface area (TPSA) is 43.1 Å². The van der Waals surface area contributed by atoms with Crippen molar-refractivity contribution in [2.24, 2.45) is 0 Å². The van der Waals surface area contributed by atoms with E-state index < -0.39 is 0 Å². The van der Waals surface area contributed by atoms with Crippen LogP contribution in [0.1, 0.15) is 16.2 Å². The Morgan fingerprint density at radius 1 is 1.90 bits per heavy atom. The second kappa shape index (κ2) is 2.47. The minimum Gasteiger partial charge on any atom is -0.352 e. The van der Waals surface area contributed by atoms with Gasteiger partial charge in [0.15, 0.2) is 0 Å². The van der Waals surface area contributed by atoms with E-state index in [1.807, 2.05) is 0 Å². The molecule has 0 N–H and O–H groups in total. The molecule has 1 aromatic heterocycles. The van der Waals surface area contributed by atoms with Crippen LogP contribution in [0.2, 0.25) is 0 Å². The molecule has 0 unspecified atom stereocenters. The molecular formula is C7H7NO2. The van der Waals surface area contributed by atoms with Crippen molar-refractivity contribution in [3.05, 3.63) is 30.2 Å². The highest BCUT2D eigenvalue weighted by molar-refractivity contribution is 6.01. The number of carbonyl (C=O) groups is 1. The van der Waals surface area contributed by atoms with E-state index >= 15 is 0 Å². The average molecular weight is 137 g/mol. The standard InChI is InChI=1S/C7H7NO2/c1-3-6(9)7-4-5(2)8-10-7/h3-4H,1H2,2H3. The van der Waals surface area contributed by atoms with Gasteiger partial charge in [0.25, 0.3) is 0 Å². The SMILES string of the molecule is C=CC(=O)c1cc(C)no1. The number of aryl methyl sites for hydroxylation is 1. The van der Waals surface area contributed by atoms with E-state index in [0.29, 0.717) is 5.69 Å². The summed E-state index contributed by atoms with van der Waals surface area (Å²) in [5.74, 6) is 0.00750. The fourth-order valence-corrected chi connectivity index (χ4v) is 0.580. The molecule has 10 heavy (non-hydrogen) atoms. The normalized spacial score (nSPS) is 9.30. The van der Waals surface area contributed by atoms with Crippen LogP contribution in [0.25, 0.3) is 0 Å². The predicted molar refractivity (Wildman–Crippen MR) is 35.8 cm³/mol. The van der Waals surface area contributed by atoms with Crippen LogP contribution in [0.15, 0.2) is 23.2 Å². The van der Waals surface area contributed by atoms with Crippen LogP contribution in [0.4, 0.5) is 0 Å². The maximum absolute atomic E-state index is 10.8. The highest BCUT2D eigenvalue weighted by Crippen LogP contribution is 2.02. The minimum atomic E-state index is -0.236. The van der Waals surface area contributed by atoms with Gasteiger partial charge in [-0.25, -0.2) is 0 Å². The number of carbonyl (C=O) groups excluding carboxylic acids is 1. The summed E-state index contributed by atoms with van der Waals surface area (Å²) in [5, 5.41) is 3.54. The second-order valence-electron chi connectivity index (χ2n) is 1.90. The van der Waals surface area contributed by atoms with Crippen molar-refractivity contribution in [1.82, 2.24) is 5.16 Å². The summed E-state index contributed by atoms with van der Waals surface area (Å²) >= 11 is 0. The lowest BCUT2D eigenvalue weighted by Crippen LogP contribution is -1.88. The minimum absolute atomic E-state index is 0.236. The van der Waals surface area contributed by atoms with Crippen molar-refractivity contribution in [2.75, 3.05) is 0 Å². The number of hydrogen-bond acceptors (Lipinski definition) is 3. The Hall–Kier alpha value is -1.38. The van der Waals surface area contributed by atoms with Crippen LogP contribution in [0, 0.1) is 6.92 Å². The zero-order valence-corrected chi connectivity index (χ0v) is 5.63. The third-order valence-corrected chi connectivity index (χ3v) is 1.06. The van der Waals surface area contributed by atoms with Gasteiger partial charge in [0.1, 0.15) is 0 Å². The maximum Gasteiger partial charge on any atom is 0.223 e. The molecule has 3 heteroatoms. The predicted octanol–water partition coefficient (Wildman–Crippen LogP) is 1.35. The number of ketones is 1. The molecule has 0 fully saturated rings. The second-order valence-corrected chi connectivity index (χ2v) is 1.90. The van der Waals surface area contributed by atoms with Crippen LogP contribution in [0.3, 0.4) is 0 Å². The first-order valence-corrected chi connectivity index (χ1v) is 2.84. The van der Waals surface area contributed by atoms with E-state index in [9.17, 15) is 4.79 Å². The molecule has 0 saturated heterocycles. The zero-order valence-electron chi connectivity index (χ0n) is 5.63. The molecule has 0 aromatic carbocycles. The fraction of sp³-hybridized carbons (Fsp3) is 0.143. The molecular weight excluding hydrogens is 130 g/mol. The lowest BCUT2D eigenvalue weighted by atomic mass is 10.3. The van der Waals surface area contributed by atoms with Crippen molar-refractivity contribution in [1.29, 1.82) is 0 Å². The Labute approximate surface area is 58.3 Å². The average Bonchev–Trinajstić information content (AvgIpc) is 2.34. The van der Waals surface area contributed by atoms with Crippen molar-refractivity contribution in [3.63, 3.8) is 0 Å². The lowest BCUT2D eigenvalue weighted by Gasteiger charge is -1.79. The molecule has 1 heterocycles. The molecule has 0 amide bonds. The molecule has 3 nitrogen and oxygen atoms in total. The Morgan fingerprint density at radius 3 is 3.00 bits per heavy atom. The number of hydrogen-bond donors (Lipinski definition) is 0. The molecule has 0 bridgehead atoms. The Kier molecular flexibility index (Phi) is 1.67. The monoisotopic (exact) mass is 137 g/mol. The van der Waals surface area contributed by atoms with Gasteiger partial charge in [-0.1, -0.05) is 11.7 Å². The van der Waals surface area contributed by atoms with E-state index in [1.54, 1.807) is 13.0 Å². The van der Waals surface area contributed by atoms with Crippen molar-refractivity contribution in [2.45, 2.75) is 6.92 Å².